The molecule has 0 amide bonds. The molecule has 1 aromatic rings. The van der Waals surface area contributed by atoms with Crippen LogP contribution in [0.3, 0.4) is 0 Å². The van der Waals surface area contributed by atoms with Gasteiger partial charge in [0.1, 0.15) is 11.6 Å². The molecule has 0 saturated heterocycles. The van der Waals surface area contributed by atoms with Gasteiger partial charge in [-0.2, -0.15) is 0 Å². The van der Waals surface area contributed by atoms with Crippen molar-refractivity contribution in [2.24, 2.45) is 11.1 Å². The molecule has 0 fully saturated rings. The first-order chi connectivity index (χ1) is 7.94. The number of hydrogen-bond acceptors (Lipinski definition) is 2. The fraction of sp³-hybridized carbons (Fsp3) is 0.538. The SMILES string of the molecule is CC(C)(CCN)CNCc1ccc(F)cc1F. The Kier molecular flexibility index (Phi) is 5.02. The van der Waals surface area contributed by atoms with E-state index in [-0.39, 0.29) is 5.41 Å². The largest absolute Gasteiger partial charge is 0.330 e. The van der Waals surface area contributed by atoms with Gasteiger partial charge >= 0.3 is 0 Å². The average Bonchev–Trinajstić information content (AvgIpc) is 2.21. The Morgan fingerprint density at radius 2 is 2.00 bits per heavy atom. The second-order valence-electron chi connectivity index (χ2n) is 5.04. The summed E-state index contributed by atoms with van der Waals surface area (Å²) in [5, 5.41) is 3.17. The maximum Gasteiger partial charge on any atom is 0.130 e. The molecule has 0 saturated carbocycles. The summed E-state index contributed by atoms with van der Waals surface area (Å²) >= 11 is 0. The van der Waals surface area contributed by atoms with E-state index >= 15 is 0 Å². The van der Waals surface area contributed by atoms with Crippen molar-refractivity contribution >= 4 is 0 Å². The van der Waals surface area contributed by atoms with Crippen molar-refractivity contribution in [3.8, 4) is 0 Å². The zero-order valence-electron chi connectivity index (χ0n) is 10.4. The molecule has 2 nitrogen and oxygen atoms in total. The summed E-state index contributed by atoms with van der Waals surface area (Å²) in [5.74, 6) is -1.05. The Labute approximate surface area is 101 Å². The van der Waals surface area contributed by atoms with Gasteiger partial charge in [0.25, 0.3) is 0 Å². The van der Waals surface area contributed by atoms with Crippen LogP contribution in [0.25, 0.3) is 0 Å². The minimum absolute atomic E-state index is 0.0885. The zero-order chi connectivity index (χ0) is 12.9. The van der Waals surface area contributed by atoms with Crippen molar-refractivity contribution in [2.75, 3.05) is 13.1 Å². The lowest BCUT2D eigenvalue weighted by molar-refractivity contribution is 0.318. The van der Waals surface area contributed by atoms with Crippen molar-refractivity contribution in [1.82, 2.24) is 5.32 Å². The summed E-state index contributed by atoms with van der Waals surface area (Å²) < 4.78 is 26.0. The third-order valence-electron chi connectivity index (χ3n) is 2.76. The lowest BCUT2D eigenvalue weighted by Crippen LogP contribution is -2.31. The van der Waals surface area contributed by atoms with Crippen LogP contribution >= 0.6 is 0 Å². The van der Waals surface area contributed by atoms with E-state index in [1.807, 2.05) is 0 Å². The number of benzene rings is 1. The normalized spacial score (nSPS) is 11.8. The third kappa shape index (κ3) is 4.79. The Bertz CT molecular complexity index is 364. The number of halogens is 2. The van der Waals surface area contributed by atoms with Gasteiger partial charge in [-0.3, -0.25) is 0 Å². The van der Waals surface area contributed by atoms with Crippen LogP contribution in [-0.4, -0.2) is 13.1 Å². The van der Waals surface area contributed by atoms with Crippen LogP contribution in [0.1, 0.15) is 25.8 Å². The molecular formula is C13H20F2N2. The maximum atomic E-state index is 13.3. The molecule has 17 heavy (non-hydrogen) atoms. The summed E-state index contributed by atoms with van der Waals surface area (Å²) in [6, 6.07) is 3.64. The van der Waals surface area contributed by atoms with E-state index in [9.17, 15) is 8.78 Å². The average molecular weight is 242 g/mol. The summed E-state index contributed by atoms with van der Waals surface area (Å²) in [7, 11) is 0. The van der Waals surface area contributed by atoms with Gasteiger partial charge in [0.05, 0.1) is 0 Å². The Morgan fingerprint density at radius 1 is 1.29 bits per heavy atom. The molecule has 0 aliphatic carbocycles. The van der Waals surface area contributed by atoms with Gasteiger partial charge in [-0.05, 0) is 24.4 Å². The molecular weight excluding hydrogens is 222 g/mol. The van der Waals surface area contributed by atoms with E-state index in [0.717, 1.165) is 19.0 Å². The predicted octanol–water partition coefficient (Wildman–Crippen LogP) is 2.43. The van der Waals surface area contributed by atoms with Gasteiger partial charge in [-0.25, -0.2) is 8.78 Å². The molecule has 0 spiro atoms. The highest BCUT2D eigenvalue weighted by Crippen LogP contribution is 2.18. The fourth-order valence-corrected chi connectivity index (χ4v) is 1.68. The van der Waals surface area contributed by atoms with Crippen molar-refractivity contribution in [1.29, 1.82) is 0 Å². The second-order valence-corrected chi connectivity index (χ2v) is 5.04. The van der Waals surface area contributed by atoms with E-state index < -0.39 is 11.6 Å². The smallest absolute Gasteiger partial charge is 0.130 e. The first-order valence-electron chi connectivity index (χ1n) is 5.79. The first-order valence-corrected chi connectivity index (χ1v) is 5.79. The summed E-state index contributed by atoms with van der Waals surface area (Å²) in [5.41, 5.74) is 6.08. The van der Waals surface area contributed by atoms with Crippen molar-refractivity contribution in [2.45, 2.75) is 26.8 Å². The first kappa shape index (κ1) is 14.1. The van der Waals surface area contributed by atoms with Crippen LogP contribution in [-0.2, 0) is 6.54 Å². The molecule has 0 aliphatic heterocycles. The fourth-order valence-electron chi connectivity index (χ4n) is 1.68. The van der Waals surface area contributed by atoms with Gasteiger partial charge in [0.2, 0.25) is 0 Å². The van der Waals surface area contributed by atoms with Crippen LogP contribution in [0.2, 0.25) is 0 Å². The lowest BCUT2D eigenvalue weighted by atomic mass is 9.89. The van der Waals surface area contributed by atoms with Crippen LogP contribution < -0.4 is 11.1 Å². The minimum atomic E-state index is -0.547. The van der Waals surface area contributed by atoms with Gasteiger partial charge in [0, 0.05) is 24.7 Å². The molecule has 0 unspecified atom stereocenters. The van der Waals surface area contributed by atoms with E-state index in [1.54, 1.807) is 0 Å². The summed E-state index contributed by atoms with van der Waals surface area (Å²) in [6.07, 6.45) is 0.909. The van der Waals surface area contributed by atoms with Gasteiger partial charge in [0.15, 0.2) is 0 Å². The van der Waals surface area contributed by atoms with Crippen LogP contribution in [0, 0.1) is 17.0 Å². The predicted molar refractivity (Wildman–Crippen MR) is 65.5 cm³/mol. The minimum Gasteiger partial charge on any atom is -0.330 e. The molecule has 0 aromatic heterocycles. The number of nitrogens with one attached hydrogen (secondary N) is 1. The third-order valence-corrected chi connectivity index (χ3v) is 2.76. The molecule has 0 aliphatic rings. The van der Waals surface area contributed by atoms with Crippen molar-refractivity contribution in [3.63, 3.8) is 0 Å². The monoisotopic (exact) mass is 242 g/mol. The van der Waals surface area contributed by atoms with E-state index in [4.69, 9.17) is 5.73 Å². The molecule has 96 valence electrons. The van der Waals surface area contributed by atoms with Crippen LogP contribution in [0.5, 0.6) is 0 Å². The molecule has 1 rings (SSSR count). The van der Waals surface area contributed by atoms with Crippen LogP contribution in [0.15, 0.2) is 18.2 Å². The highest BCUT2D eigenvalue weighted by Gasteiger charge is 2.16. The van der Waals surface area contributed by atoms with Crippen LogP contribution in [0.4, 0.5) is 8.78 Å². The van der Waals surface area contributed by atoms with Gasteiger partial charge in [-0.15, -0.1) is 0 Å². The maximum absolute atomic E-state index is 13.3. The van der Waals surface area contributed by atoms with Gasteiger partial charge < -0.3 is 11.1 Å². The summed E-state index contributed by atoms with van der Waals surface area (Å²) in [6.45, 7) is 6.00. The molecule has 0 bridgehead atoms. The molecule has 4 heteroatoms. The van der Waals surface area contributed by atoms with Crippen molar-refractivity contribution in [3.05, 3.63) is 35.4 Å². The Hall–Kier alpha value is -1.00. The molecule has 3 N–H and O–H groups in total. The Balaban J connectivity index is 2.46. The highest BCUT2D eigenvalue weighted by molar-refractivity contribution is 5.18. The van der Waals surface area contributed by atoms with Crippen molar-refractivity contribution < 1.29 is 8.78 Å². The highest BCUT2D eigenvalue weighted by atomic mass is 19.1. The molecule has 1 aromatic carbocycles. The topological polar surface area (TPSA) is 38.0 Å². The van der Waals surface area contributed by atoms with E-state index in [2.05, 4.69) is 19.2 Å². The van der Waals surface area contributed by atoms with E-state index in [0.29, 0.717) is 18.7 Å². The quantitative estimate of drug-likeness (QED) is 0.804. The number of hydrogen-bond donors (Lipinski definition) is 2. The molecule has 0 atom stereocenters. The Morgan fingerprint density at radius 3 is 2.59 bits per heavy atom. The molecule has 0 radical (unpaired) electrons. The number of rotatable bonds is 6. The molecule has 0 heterocycles. The zero-order valence-corrected chi connectivity index (χ0v) is 10.4. The van der Waals surface area contributed by atoms with Gasteiger partial charge in [-0.1, -0.05) is 19.9 Å². The second kappa shape index (κ2) is 6.07. The standard InChI is InChI=1S/C13H20F2N2/c1-13(2,5-6-16)9-17-8-10-3-4-11(14)7-12(10)15/h3-4,7,17H,5-6,8-9,16H2,1-2H3. The summed E-state index contributed by atoms with van der Waals surface area (Å²) in [4.78, 5) is 0. The van der Waals surface area contributed by atoms with E-state index in [1.165, 1.54) is 12.1 Å². The number of nitrogens with two attached hydrogens (primary N) is 1. The lowest BCUT2D eigenvalue weighted by Gasteiger charge is -2.24.